The number of nitrogens with one attached hydrogen (secondary N) is 1. The fraction of sp³-hybridized carbons (Fsp3) is 0.292. The van der Waals surface area contributed by atoms with Crippen molar-refractivity contribution in [1.82, 2.24) is 15.3 Å². The molecule has 1 aliphatic rings. The lowest BCUT2D eigenvalue weighted by molar-refractivity contribution is 0.0935. The van der Waals surface area contributed by atoms with E-state index in [9.17, 15) is 4.79 Å². The van der Waals surface area contributed by atoms with Crippen LogP contribution in [0.15, 0.2) is 66.7 Å². The lowest BCUT2D eigenvalue weighted by Gasteiger charge is -2.28. The summed E-state index contributed by atoms with van der Waals surface area (Å²) in [6.07, 6.45) is 3.55. The minimum absolute atomic E-state index is 0.0997. The Labute approximate surface area is 171 Å². The Bertz CT molecular complexity index is 953. The lowest BCUT2D eigenvalue weighted by Crippen LogP contribution is -2.32. The van der Waals surface area contributed by atoms with Crippen molar-refractivity contribution in [3.05, 3.63) is 78.0 Å². The van der Waals surface area contributed by atoms with E-state index in [1.54, 1.807) is 0 Å². The summed E-state index contributed by atoms with van der Waals surface area (Å²) in [5.41, 5.74) is 2.38. The number of hydrogen-bond acceptors (Lipinski definition) is 4. The van der Waals surface area contributed by atoms with E-state index in [1.165, 1.54) is 6.42 Å². The van der Waals surface area contributed by atoms with Crippen LogP contribution in [-0.4, -0.2) is 29.0 Å². The minimum atomic E-state index is -0.181. The monoisotopic (exact) mass is 386 g/mol. The fourth-order valence-corrected chi connectivity index (χ4v) is 3.65. The summed E-state index contributed by atoms with van der Waals surface area (Å²) < 4.78 is 0. The number of benzene rings is 2. The molecule has 0 spiro atoms. The molecule has 0 saturated carbocycles. The number of carbonyl (C=O) groups excluding carboxylic acids is 1. The molecule has 5 nitrogen and oxygen atoms in total. The number of anilines is 1. The second-order valence-corrected chi connectivity index (χ2v) is 7.45. The molecule has 29 heavy (non-hydrogen) atoms. The molecular weight excluding hydrogens is 360 g/mol. The van der Waals surface area contributed by atoms with Crippen LogP contribution in [-0.2, 0) is 0 Å². The molecule has 148 valence electrons. The third-order valence-corrected chi connectivity index (χ3v) is 5.30. The molecule has 2 aromatic carbocycles. The van der Waals surface area contributed by atoms with Crippen LogP contribution in [0.4, 0.5) is 5.82 Å². The zero-order valence-corrected chi connectivity index (χ0v) is 16.7. The Morgan fingerprint density at radius 3 is 2.28 bits per heavy atom. The van der Waals surface area contributed by atoms with E-state index in [0.29, 0.717) is 11.5 Å². The summed E-state index contributed by atoms with van der Waals surface area (Å²) in [5, 5.41) is 3.07. The first-order valence-electron chi connectivity index (χ1n) is 10.3. The zero-order valence-electron chi connectivity index (χ0n) is 16.7. The molecular formula is C24H26N4O. The van der Waals surface area contributed by atoms with Gasteiger partial charge in [0.25, 0.3) is 5.91 Å². The molecule has 3 aromatic rings. The van der Waals surface area contributed by atoms with E-state index in [2.05, 4.69) is 15.2 Å². The van der Waals surface area contributed by atoms with Crippen molar-refractivity contribution in [3.63, 3.8) is 0 Å². The van der Waals surface area contributed by atoms with Crippen LogP contribution in [0.1, 0.15) is 48.3 Å². The van der Waals surface area contributed by atoms with E-state index in [1.807, 2.05) is 73.7 Å². The number of carbonyl (C=O) groups is 1. The molecule has 1 aliphatic heterocycles. The van der Waals surface area contributed by atoms with Gasteiger partial charge < -0.3 is 10.2 Å². The second kappa shape index (κ2) is 8.86. The molecule has 1 fully saturated rings. The van der Waals surface area contributed by atoms with Gasteiger partial charge in [-0.3, -0.25) is 4.79 Å². The summed E-state index contributed by atoms with van der Waals surface area (Å²) in [6.45, 7) is 3.91. The number of amides is 1. The predicted molar refractivity (Wildman–Crippen MR) is 116 cm³/mol. The number of rotatable bonds is 5. The van der Waals surface area contributed by atoms with Crippen molar-refractivity contribution in [2.24, 2.45) is 0 Å². The normalized spacial score (nSPS) is 15.0. The van der Waals surface area contributed by atoms with E-state index in [-0.39, 0.29) is 11.9 Å². The van der Waals surface area contributed by atoms with Gasteiger partial charge in [0, 0.05) is 24.7 Å². The van der Waals surface area contributed by atoms with Gasteiger partial charge in [0.1, 0.15) is 11.5 Å². The van der Waals surface area contributed by atoms with Crippen molar-refractivity contribution in [2.75, 3.05) is 18.0 Å². The minimum Gasteiger partial charge on any atom is -0.356 e. The average Bonchev–Trinajstić information content (AvgIpc) is 2.80. The third-order valence-electron chi connectivity index (χ3n) is 5.30. The van der Waals surface area contributed by atoms with Gasteiger partial charge in [0.2, 0.25) is 0 Å². The van der Waals surface area contributed by atoms with Crippen LogP contribution in [0.2, 0.25) is 0 Å². The van der Waals surface area contributed by atoms with Gasteiger partial charge in [-0.1, -0.05) is 60.7 Å². The Morgan fingerprint density at radius 2 is 1.59 bits per heavy atom. The van der Waals surface area contributed by atoms with E-state index >= 15 is 0 Å². The quantitative estimate of drug-likeness (QED) is 0.695. The molecule has 1 N–H and O–H groups in total. The van der Waals surface area contributed by atoms with Gasteiger partial charge in [-0.25, -0.2) is 9.97 Å². The molecule has 0 bridgehead atoms. The van der Waals surface area contributed by atoms with Crippen LogP contribution >= 0.6 is 0 Å². The lowest BCUT2D eigenvalue weighted by atomic mass is 10.1. The second-order valence-electron chi connectivity index (χ2n) is 7.45. The Hall–Kier alpha value is -3.21. The number of hydrogen-bond donors (Lipinski definition) is 1. The molecule has 0 aliphatic carbocycles. The first-order chi connectivity index (χ1) is 14.2. The highest BCUT2D eigenvalue weighted by Crippen LogP contribution is 2.23. The molecule has 5 heteroatoms. The van der Waals surface area contributed by atoms with Gasteiger partial charge in [-0.15, -0.1) is 0 Å². The molecule has 1 amide bonds. The van der Waals surface area contributed by atoms with Gasteiger partial charge in [-0.2, -0.15) is 0 Å². The highest BCUT2D eigenvalue weighted by atomic mass is 16.1. The number of piperidine rings is 1. The highest BCUT2D eigenvalue weighted by molar-refractivity contribution is 5.93. The van der Waals surface area contributed by atoms with Crippen molar-refractivity contribution in [3.8, 4) is 11.4 Å². The zero-order chi connectivity index (χ0) is 20.1. The largest absolute Gasteiger partial charge is 0.356 e. The van der Waals surface area contributed by atoms with Crippen LogP contribution in [0, 0.1) is 0 Å². The maximum absolute atomic E-state index is 13.0. The molecule has 1 unspecified atom stereocenters. The smallest absolute Gasteiger partial charge is 0.270 e. The van der Waals surface area contributed by atoms with Gasteiger partial charge >= 0.3 is 0 Å². The first kappa shape index (κ1) is 19.1. The standard InChI is InChI=1S/C24H26N4O/c1-18(19-11-5-2-6-12-19)25-24(29)21-17-22(28-15-9-4-10-16-28)27-23(26-21)20-13-7-3-8-14-20/h2-3,5-8,11-14,17-18H,4,9-10,15-16H2,1H3,(H,25,29). The summed E-state index contributed by atoms with van der Waals surface area (Å²) in [7, 11) is 0. The van der Waals surface area contributed by atoms with E-state index < -0.39 is 0 Å². The number of aromatic nitrogens is 2. The van der Waals surface area contributed by atoms with E-state index in [4.69, 9.17) is 4.98 Å². The molecule has 1 saturated heterocycles. The molecule has 1 atom stereocenters. The number of nitrogens with zero attached hydrogens (tertiary/aromatic N) is 3. The molecule has 4 rings (SSSR count). The first-order valence-corrected chi connectivity index (χ1v) is 10.3. The average molecular weight is 386 g/mol. The van der Waals surface area contributed by atoms with Crippen molar-refractivity contribution >= 4 is 11.7 Å². The predicted octanol–water partition coefficient (Wildman–Crippen LogP) is 4.62. The summed E-state index contributed by atoms with van der Waals surface area (Å²) in [4.78, 5) is 24.7. The Kier molecular flexibility index (Phi) is 5.84. The van der Waals surface area contributed by atoms with Crippen LogP contribution in [0.25, 0.3) is 11.4 Å². The maximum atomic E-state index is 13.0. The summed E-state index contributed by atoms with van der Waals surface area (Å²) in [5.74, 6) is 1.24. The van der Waals surface area contributed by atoms with E-state index in [0.717, 1.165) is 42.9 Å². The SMILES string of the molecule is CC(NC(=O)c1cc(N2CCCCC2)nc(-c2ccccc2)n1)c1ccccc1. The summed E-state index contributed by atoms with van der Waals surface area (Å²) in [6, 6.07) is 21.5. The van der Waals surface area contributed by atoms with Crippen molar-refractivity contribution in [2.45, 2.75) is 32.2 Å². The Balaban J connectivity index is 1.65. The third kappa shape index (κ3) is 4.62. The van der Waals surface area contributed by atoms with Gasteiger partial charge in [-0.05, 0) is 31.7 Å². The Morgan fingerprint density at radius 1 is 0.931 bits per heavy atom. The highest BCUT2D eigenvalue weighted by Gasteiger charge is 2.19. The topological polar surface area (TPSA) is 58.1 Å². The van der Waals surface area contributed by atoms with Crippen molar-refractivity contribution in [1.29, 1.82) is 0 Å². The van der Waals surface area contributed by atoms with Crippen LogP contribution < -0.4 is 10.2 Å². The molecule has 2 heterocycles. The fourth-order valence-electron chi connectivity index (χ4n) is 3.65. The van der Waals surface area contributed by atoms with Crippen LogP contribution in [0.5, 0.6) is 0 Å². The van der Waals surface area contributed by atoms with Gasteiger partial charge in [0.05, 0.1) is 6.04 Å². The maximum Gasteiger partial charge on any atom is 0.270 e. The van der Waals surface area contributed by atoms with Crippen LogP contribution in [0.3, 0.4) is 0 Å². The summed E-state index contributed by atoms with van der Waals surface area (Å²) >= 11 is 0. The molecule has 1 aromatic heterocycles. The van der Waals surface area contributed by atoms with Crippen molar-refractivity contribution < 1.29 is 4.79 Å². The van der Waals surface area contributed by atoms with Gasteiger partial charge in [0.15, 0.2) is 5.82 Å². The molecule has 0 radical (unpaired) electrons.